The van der Waals surface area contributed by atoms with Gasteiger partial charge in [0.2, 0.25) is 0 Å². The van der Waals surface area contributed by atoms with E-state index in [1.54, 1.807) is 0 Å². The third kappa shape index (κ3) is 2.14. The molecule has 0 unspecified atom stereocenters. The molecule has 0 aromatic rings. The smallest absolute Gasteiger partial charge is 0.0738 e. The molecule has 0 spiro atoms. The maximum atomic E-state index is 11.4. The van der Waals surface area contributed by atoms with Crippen LogP contribution >= 0.6 is 0 Å². The molecule has 0 radical (unpaired) electrons. The highest BCUT2D eigenvalue weighted by Crippen LogP contribution is 2.68. The Morgan fingerprint density at radius 2 is 1.75 bits per heavy atom. The van der Waals surface area contributed by atoms with E-state index in [-0.39, 0.29) is 11.5 Å². The normalized spacial score (nSPS) is 56.9. The minimum atomic E-state index is -0.523. The lowest BCUT2D eigenvalue weighted by Crippen LogP contribution is -2.56. The maximum Gasteiger partial charge on any atom is 0.0738 e. The Labute approximate surface area is 147 Å². The minimum absolute atomic E-state index is 0.0577. The third-order valence-corrected chi connectivity index (χ3v) is 9.44. The van der Waals surface area contributed by atoms with Crippen molar-refractivity contribution in [3.63, 3.8) is 0 Å². The fourth-order valence-corrected chi connectivity index (χ4v) is 7.92. The molecular weight excluding hydrogens is 296 g/mol. The molecule has 0 aliphatic heterocycles. The van der Waals surface area contributed by atoms with Gasteiger partial charge in [-0.3, -0.25) is 0 Å². The first-order chi connectivity index (χ1) is 11.3. The average molecular weight is 333 g/mol. The monoisotopic (exact) mass is 332 g/mol. The number of fused-ring (bicyclic) bond motifs is 5. The van der Waals surface area contributed by atoms with E-state index in [9.17, 15) is 10.2 Å². The molecule has 2 heteroatoms. The second-order valence-corrected chi connectivity index (χ2v) is 10.1. The summed E-state index contributed by atoms with van der Waals surface area (Å²) in [4.78, 5) is 0. The van der Waals surface area contributed by atoms with E-state index in [4.69, 9.17) is 0 Å². The van der Waals surface area contributed by atoms with Crippen LogP contribution in [0.4, 0.5) is 0 Å². The Morgan fingerprint density at radius 1 is 1.00 bits per heavy atom. The summed E-state index contributed by atoms with van der Waals surface area (Å²) in [5.74, 6) is 3.01. The number of rotatable bonds is 2. The average Bonchev–Trinajstić information content (AvgIpc) is 2.80. The summed E-state index contributed by atoms with van der Waals surface area (Å²) in [5, 5.41) is 21.5. The number of hydrogen-bond donors (Lipinski definition) is 2. The van der Waals surface area contributed by atoms with Gasteiger partial charge < -0.3 is 10.2 Å². The van der Waals surface area contributed by atoms with Crippen LogP contribution in [0.25, 0.3) is 0 Å². The molecule has 0 heterocycles. The van der Waals surface area contributed by atoms with Gasteiger partial charge in [-0.05, 0) is 98.7 Å². The van der Waals surface area contributed by atoms with Gasteiger partial charge in [0.05, 0.1) is 11.7 Å². The van der Waals surface area contributed by atoms with Gasteiger partial charge >= 0.3 is 0 Å². The highest BCUT2D eigenvalue weighted by Gasteiger charge is 2.64. The van der Waals surface area contributed by atoms with E-state index < -0.39 is 5.60 Å². The topological polar surface area (TPSA) is 40.5 Å². The van der Waals surface area contributed by atoms with E-state index in [0.717, 1.165) is 43.4 Å². The zero-order valence-corrected chi connectivity index (χ0v) is 15.6. The molecule has 4 saturated carbocycles. The van der Waals surface area contributed by atoms with Gasteiger partial charge in [0.25, 0.3) is 0 Å². The summed E-state index contributed by atoms with van der Waals surface area (Å²) < 4.78 is 0. The molecule has 2 N–H and O–H groups in total. The first-order valence-corrected chi connectivity index (χ1v) is 10.4. The van der Waals surface area contributed by atoms with Crippen molar-refractivity contribution in [2.75, 3.05) is 0 Å². The second-order valence-electron chi connectivity index (χ2n) is 10.1. The van der Waals surface area contributed by atoms with Crippen LogP contribution in [0.5, 0.6) is 0 Å². The lowest BCUT2D eigenvalue weighted by Gasteiger charge is -2.61. The maximum absolute atomic E-state index is 11.4. The van der Waals surface area contributed by atoms with Gasteiger partial charge in [-0.1, -0.05) is 19.9 Å². The summed E-state index contributed by atoms with van der Waals surface area (Å²) in [7, 11) is 0. The van der Waals surface area contributed by atoms with Crippen molar-refractivity contribution in [1.29, 1.82) is 0 Å². The highest BCUT2D eigenvalue weighted by molar-refractivity contribution is 5.15. The number of aliphatic hydroxyl groups excluding tert-OH is 1. The molecule has 4 fully saturated rings. The molecule has 0 aromatic carbocycles. The standard InChI is InChI=1S/C22H36O2/c1-4-10-22(24)13-9-19-17-6-5-15-14-16(23)7-11-20(15,2)18(17)8-12-21(19,22)3/h4,15-19,23-24H,1,5-14H2,2-3H3/t15-,16+,17+,18-,19+,20-,21+,22+/m0/s1. The third-order valence-electron chi connectivity index (χ3n) is 9.44. The molecule has 0 aromatic heterocycles. The molecule has 4 aliphatic rings. The van der Waals surface area contributed by atoms with Crippen molar-refractivity contribution >= 4 is 0 Å². The van der Waals surface area contributed by atoms with Crippen molar-refractivity contribution in [3.8, 4) is 0 Å². The molecule has 0 bridgehead atoms. The van der Waals surface area contributed by atoms with Crippen LogP contribution < -0.4 is 0 Å². The fourth-order valence-electron chi connectivity index (χ4n) is 7.92. The Kier molecular flexibility index (Phi) is 3.97. The van der Waals surface area contributed by atoms with Crippen LogP contribution in [0, 0.1) is 34.5 Å². The quantitative estimate of drug-likeness (QED) is 0.720. The van der Waals surface area contributed by atoms with Gasteiger partial charge in [-0.2, -0.15) is 0 Å². The first-order valence-electron chi connectivity index (χ1n) is 10.4. The zero-order chi connectivity index (χ0) is 17.2. The first kappa shape index (κ1) is 17.1. The van der Waals surface area contributed by atoms with Gasteiger partial charge in [0.1, 0.15) is 0 Å². The molecule has 8 atom stereocenters. The van der Waals surface area contributed by atoms with Crippen LogP contribution in [0.2, 0.25) is 0 Å². The van der Waals surface area contributed by atoms with Crippen LogP contribution in [0.15, 0.2) is 12.7 Å². The summed E-state index contributed by atoms with van der Waals surface area (Å²) in [6.07, 6.45) is 13.1. The van der Waals surface area contributed by atoms with E-state index in [0.29, 0.717) is 11.3 Å². The summed E-state index contributed by atoms with van der Waals surface area (Å²) in [6.45, 7) is 8.82. The van der Waals surface area contributed by atoms with Gasteiger partial charge in [0, 0.05) is 0 Å². The summed E-state index contributed by atoms with van der Waals surface area (Å²) >= 11 is 0. The van der Waals surface area contributed by atoms with Crippen LogP contribution in [0.1, 0.15) is 78.1 Å². The minimum Gasteiger partial charge on any atom is -0.393 e. The molecule has 24 heavy (non-hydrogen) atoms. The SMILES string of the molecule is C=CC[C@@]1(O)CC[C@@H]2[C@@H]3CC[C@H]4C[C@H](O)CC[C@]4(C)[C@H]3CC[C@]21C. The second kappa shape index (κ2) is 5.58. The van der Waals surface area contributed by atoms with Crippen molar-refractivity contribution in [2.45, 2.75) is 89.8 Å². The van der Waals surface area contributed by atoms with Gasteiger partial charge in [0.15, 0.2) is 0 Å². The van der Waals surface area contributed by atoms with Crippen LogP contribution in [0.3, 0.4) is 0 Å². The predicted octanol–water partition coefficient (Wildman–Crippen LogP) is 4.70. The fraction of sp³-hybridized carbons (Fsp3) is 0.909. The van der Waals surface area contributed by atoms with E-state index in [1.807, 2.05) is 6.08 Å². The molecule has 4 aliphatic carbocycles. The highest BCUT2D eigenvalue weighted by atomic mass is 16.3. The lowest BCUT2D eigenvalue weighted by atomic mass is 9.44. The molecule has 136 valence electrons. The molecule has 0 saturated heterocycles. The molecule has 2 nitrogen and oxygen atoms in total. The Bertz CT molecular complexity index is 516. The van der Waals surface area contributed by atoms with E-state index in [1.165, 1.54) is 38.5 Å². The lowest BCUT2D eigenvalue weighted by molar-refractivity contribution is -0.157. The summed E-state index contributed by atoms with van der Waals surface area (Å²) in [5.41, 5.74) is -0.00669. The van der Waals surface area contributed by atoms with Crippen molar-refractivity contribution in [1.82, 2.24) is 0 Å². The van der Waals surface area contributed by atoms with Gasteiger partial charge in [-0.25, -0.2) is 0 Å². The largest absolute Gasteiger partial charge is 0.393 e. The van der Waals surface area contributed by atoms with E-state index in [2.05, 4.69) is 20.4 Å². The van der Waals surface area contributed by atoms with Crippen molar-refractivity contribution in [3.05, 3.63) is 12.7 Å². The Balaban J connectivity index is 1.62. The number of aliphatic hydroxyl groups is 2. The molecule has 4 rings (SSSR count). The van der Waals surface area contributed by atoms with E-state index >= 15 is 0 Å². The van der Waals surface area contributed by atoms with Crippen molar-refractivity contribution < 1.29 is 10.2 Å². The van der Waals surface area contributed by atoms with Gasteiger partial charge in [-0.15, -0.1) is 6.58 Å². The zero-order valence-electron chi connectivity index (χ0n) is 15.6. The Morgan fingerprint density at radius 3 is 2.50 bits per heavy atom. The van der Waals surface area contributed by atoms with Crippen molar-refractivity contribution in [2.24, 2.45) is 34.5 Å². The Hall–Kier alpha value is -0.340. The molecular formula is C22H36O2. The molecule has 0 amide bonds. The number of hydrogen-bond acceptors (Lipinski definition) is 2. The van der Waals surface area contributed by atoms with Crippen LogP contribution in [-0.2, 0) is 0 Å². The van der Waals surface area contributed by atoms with Crippen LogP contribution in [-0.4, -0.2) is 21.9 Å². The summed E-state index contributed by atoms with van der Waals surface area (Å²) in [6, 6.07) is 0. The predicted molar refractivity (Wildman–Crippen MR) is 97.5 cm³/mol.